The van der Waals surface area contributed by atoms with E-state index in [1.54, 1.807) is 18.3 Å². The highest BCUT2D eigenvalue weighted by atomic mass is 19.1. The summed E-state index contributed by atoms with van der Waals surface area (Å²) in [5.41, 5.74) is 0.979. The molecule has 0 spiro atoms. The van der Waals surface area contributed by atoms with Gasteiger partial charge in [-0.25, -0.2) is 9.37 Å². The van der Waals surface area contributed by atoms with Gasteiger partial charge >= 0.3 is 0 Å². The van der Waals surface area contributed by atoms with Crippen molar-refractivity contribution in [3.05, 3.63) is 53.9 Å². The van der Waals surface area contributed by atoms with Gasteiger partial charge in [0.2, 0.25) is 0 Å². The molecule has 0 fully saturated rings. The van der Waals surface area contributed by atoms with Gasteiger partial charge in [0.1, 0.15) is 11.6 Å². The summed E-state index contributed by atoms with van der Waals surface area (Å²) in [7, 11) is 0. The number of aromatic amines is 1. The van der Waals surface area contributed by atoms with Crippen LogP contribution < -0.4 is 5.32 Å². The third-order valence-electron chi connectivity index (χ3n) is 3.32. The summed E-state index contributed by atoms with van der Waals surface area (Å²) in [6.45, 7) is 4.20. The first kappa shape index (κ1) is 13.7. The Morgan fingerprint density at radius 1 is 1.26 bits per heavy atom. The summed E-state index contributed by atoms with van der Waals surface area (Å²) < 4.78 is 13.3. The van der Waals surface area contributed by atoms with Crippen molar-refractivity contribution in [3.63, 3.8) is 0 Å². The lowest BCUT2D eigenvalue weighted by molar-refractivity contribution is 0.412. The van der Waals surface area contributed by atoms with Gasteiger partial charge < -0.3 is 10.3 Å². The Hall–Kier alpha value is -1.68. The van der Waals surface area contributed by atoms with E-state index in [-0.39, 0.29) is 17.9 Å². The van der Waals surface area contributed by atoms with Gasteiger partial charge in [0.05, 0.1) is 6.04 Å². The van der Waals surface area contributed by atoms with Crippen LogP contribution in [0.4, 0.5) is 4.39 Å². The van der Waals surface area contributed by atoms with E-state index < -0.39 is 0 Å². The van der Waals surface area contributed by atoms with Gasteiger partial charge in [0.15, 0.2) is 0 Å². The number of hydrogen-bond acceptors (Lipinski definition) is 2. The summed E-state index contributed by atoms with van der Waals surface area (Å²) in [4.78, 5) is 7.43. The highest BCUT2D eigenvalue weighted by Crippen LogP contribution is 2.23. The molecule has 19 heavy (non-hydrogen) atoms. The first-order valence-electron chi connectivity index (χ1n) is 6.75. The van der Waals surface area contributed by atoms with E-state index in [2.05, 4.69) is 29.1 Å². The van der Waals surface area contributed by atoms with Crippen LogP contribution in [0.15, 0.2) is 36.7 Å². The first-order chi connectivity index (χ1) is 9.24. The Morgan fingerprint density at radius 3 is 2.63 bits per heavy atom. The van der Waals surface area contributed by atoms with E-state index in [4.69, 9.17) is 0 Å². The first-order valence-corrected chi connectivity index (χ1v) is 6.75. The highest BCUT2D eigenvalue weighted by Gasteiger charge is 2.17. The maximum atomic E-state index is 13.3. The van der Waals surface area contributed by atoms with Gasteiger partial charge in [-0.05, 0) is 30.5 Å². The van der Waals surface area contributed by atoms with Gasteiger partial charge in [-0.1, -0.05) is 26.0 Å². The van der Waals surface area contributed by atoms with Crippen molar-refractivity contribution >= 4 is 0 Å². The molecule has 2 N–H and O–H groups in total. The van der Waals surface area contributed by atoms with Crippen LogP contribution in [-0.2, 0) is 0 Å². The molecule has 3 nitrogen and oxygen atoms in total. The number of rotatable bonds is 6. The molecule has 2 unspecified atom stereocenters. The minimum atomic E-state index is -0.191. The molecule has 0 amide bonds. The maximum absolute atomic E-state index is 13.3. The van der Waals surface area contributed by atoms with Crippen molar-refractivity contribution < 1.29 is 4.39 Å². The van der Waals surface area contributed by atoms with Gasteiger partial charge in [0.25, 0.3) is 0 Å². The van der Waals surface area contributed by atoms with Gasteiger partial charge in [-0.2, -0.15) is 0 Å². The number of benzene rings is 1. The van der Waals surface area contributed by atoms with Crippen LogP contribution in [0.2, 0.25) is 0 Å². The Balaban J connectivity index is 2.14. The Morgan fingerprint density at radius 2 is 2.05 bits per heavy atom. The molecule has 1 heterocycles. The summed E-state index contributed by atoms with van der Waals surface area (Å²) in [5.74, 6) is 0.737. The number of halogens is 1. The second-order valence-electron chi connectivity index (χ2n) is 4.62. The molecular formula is C15H20FN3. The minimum Gasteiger partial charge on any atom is -0.347 e. The number of imidazole rings is 1. The molecule has 1 aromatic heterocycles. The molecule has 0 radical (unpaired) electrons. The standard InChI is InChI=1S/C15H20FN3/c1-3-13(11-6-5-7-12(16)10-11)19-14(4-2)15-17-8-9-18-15/h5-10,13-14,19H,3-4H2,1-2H3,(H,17,18). The molecule has 102 valence electrons. The van der Waals surface area contributed by atoms with Crippen molar-refractivity contribution in [1.29, 1.82) is 0 Å². The second-order valence-corrected chi connectivity index (χ2v) is 4.62. The number of nitrogens with zero attached hydrogens (tertiary/aromatic N) is 1. The number of H-pyrrole nitrogens is 1. The SMILES string of the molecule is CCC(NC(CC)c1ncc[nH]1)c1cccc(F)c1. The van der Waals surface area contributed by atoms with E-state index in [1.165, 1.54) is 6.07 Å². The zero-order valence-electron chi connectivity index (χ0n) is 11.4. The van der Waals surface area contributed by atoms with Crippen molar-refractivity contribution in [3.8, 4) is 0 Å². The van der Waals surface area contributed by atoms with Crippen LogP contribution in [0, 0.1) is 5.82 Å². The largest absolute Gasteiger partial charge is 0.347 e. The number of hydrogen-bond donors (Lipinski definition) is 2. The molecule has 0 saturated carbocycles. The maximum Gasteiger partial charge on any atom is 0.123 e. The molecule has 1 aromatic carbocycles. The lowest BCUT2D eigenvalue weighted by Crippen LogP contribution is -2.26. The average Bonchev–Trinajstić information content (AvgIpc) is 2.94. The molecule has 2 rings (SSSR count). The fourth-order valence-electron chi connectivity index (χ4n) is 2.27. The van der Waals surface area contributed by atoms with E-state index in [0.717, 1.165) is 24.2 Å². The third kappa shape index (κ3) is 3.41. The average molecular weight is 261 g/mol. The Labute approximate surface area is 113 Å². The van der Waals surface area contributed by atoms with Gasteiger partial charge in [-0.15, -0.1) is 0 Å². The molecule has 0 bridgehead atoms. The van der Waals surface area contributed by atoms with Gasteiger partial charge in [0, 0.05) is 18.4 Å². The molecule has 0 aliphatic carbocycles. The van der Waals surface area contributed by atoms with Crippen LogP contribution in [0.5, 0.6) is 0 Å². The summed E-state index contributed by atoms with van der Waals surface area (Å²) in [6.07, 6.45) is 5.41. The molecule has 0 aliphatic rings. The fourth-order valence-corrected chi connectivity index (χ4v) is 2.27. The summed E-state index contributed by atoms with van der Waals surface area (Å²) in [6, 6.07) is 7.06. The van der Waals surface area contributed by atoms with Gasteiger partial charge in [-0.3, -0.25) is 0 Å². The zero-order chi connectivity index (χ0) is 13.7. The quantitative estimate of drug-likeness (QED) is 0.831. The molecule has 2 atom stereocenters. The number of nitrogens with one attached hydrogen (secondary N) is 2. The minimum absolute atomic E-state index is 0.130. The second kappa shape index (κ2) is 6.48. The Kier molecular flexibility index (Phi) is 4.68. The van der Waals surface area contributed by atoms with Crippen molar-refractivity contribution in [2.24, 2.45) is 0 Å². The fraction of sp³-hybridized carbons (Fsp3) is 0.400. The van der Waals surface area contributed by atoms with Crippen LogP contribution in [-0.4, -0.2) is 9.97 Å². The van der Waals surface area contributed by atoms with Crippen molar-refractivity contribution in [2.75, 3.05) is 0 Å². The third-order valence-corrected chi connectivity index (χ3v) is 3.32. The molecule has 2 aromatic rings. The molecule has 0 aliphatic heterocycles. The molecule has 0 saturated heterocycles. The topological polar surface area (TPSA) is 40.7 Å². The number of aromatic nitrogens is 2. The van der Waals surface area contributed by atoms with Crippen LogP contribution in [0.3, 0.4) is 0 Å². The smallest absolute Gasteiger partial charge is 0.123 e. The van der Waals surface area contributed by atoms with E-state index in [1.807, 2.05) is 12.3 Å². The van der Waals surface area contributed by atoms with E-state index in [9.17, 15) is 4.39 Å². The van der Waals surface area contributed by atoms with Crippen LogP contribution in [0.25, 0.3) is 0 Å². The lowest BCUT2D eigenvalue weighted by atomic mass is 10.0. The normalized spacial score (nSPS) is 14.3. The highest BCUT2D eigenvalue weighted by molar-refractivity contribution is 5.20. The predicted octanol–water partition coefficient (Wildman–Crippen LogP) is 3.74. The van der Waals surface area contributed by atoms with Crippen LogP contribution >= 0.6 is 0 Å². The monoisotopic (exact) mass is 261 g/mol. The molecule has 4 heteroatoms. The zero-order valence-corrected chi connectivity index (χ0v) is 11.4. The van der Waals surface area contributed by atoms with Crippen LogP contribution in [0.1, 0.15) is 50.2 Å². The Bertz CT molecular complexity index is 496. The summed E-state index contributed by atoms with van der Waals surface area (Å²) in [5, 5.41) is 3.54. The summed E-state index contributed by atoms with van der Waals surface area (Å²) >= 11 is 0. The van der Waals surface area contributed by atoms with E-state index >= 15 is 0 Å². The van der Waals surface area contributed by atoms with Crippen molar-refractivity contribution in [2.45, 2.75) is 38.8 Å². The predicted molar refractivity (Wildman–Crippen MR) is 74.2 cm³/mol. The molecular weight excluding hydrogens is 241 g/mol. The lowest BCUT2D eigenvalue weighted by Gasteiger charge is -2.23. The van der Waals surface area contributed by atoms with Crippen molar-refractivity contribution in [1.82, 2.24) is 15.3 Å². The van der Waals surface area contributed by atoms with E-state index in [0.29, 0.717) is 0 Å².